The SMILES string of the molecule is CCCN(c1ncc(CN)s1)C1CC1. The van der Waals surface area contributed by atoms with Gasteiger partial charge in [0.2, 0.25) is 0 Å². The van der Waals surface area contributed by atoms with E-state index in [2.05, 4.69) is 16.8 Å². The maximum absolute atomic E-state index is 5.58. The van der Waals surface area contributed by atoms with E-state index in [0.29, 0.717) is 6.54 Å². The first-order valence-electron chi connectivity index (χ1n) is 5.26. The molecule has 1 saturated carbocycles. The molecule has 1 fully saturated rings. The lowest BCUT2D eigenvalue weighted by Gasteiger charge is -2.20. The summed E-state index contributed by atoms with van der Waals surface area (Å²) in [4.78, 5) is 8.05. The molecular weight excluding hydrogens is 194 g/mol. The Hall–Kier alpha value is -0.610. The van der Waals surface area contributed by atoms with Gasteiger partial charge in [-0.2, -0.15) is 0 Å². The van der Waals surface area contributed by atoms with E-state index in [-0.39, 0.29) is 0 Å². The van der Waals surface area contributed by atoms with Gasteiger partial charge in [-0.15, -0.1) is 11.3 Å². The van der Waals surface area contributed by atoms with Gasteiger partial charge in [-0.1, -0.05) is 6.92 Å². The molecule has 1 heterocycles. The van der Waals surface area contributed by atoms with Crippen molar-refractivity contribution in [3.63, 3.8) is 0 Å². The predicted molar refractivity (Wildman–Crippen MR) is 60.7 cm³/mol. The quantitative estimate of drug-likeness (QED) is 0.809. The Morgan fingerprint density at radius 1 is 1.64 bits per heavy atom. The lowest BCUT2D eigenvalue weighted by atomic mass is 10.4. The average Bonchev–Trinajstić information content (AvgIpc) is 2.92. The van der Waals surface area contributed by atoms with Crippen molar-refractivity contribution in [1.82, 2.24) is 4.98 Å². The van der Waals surface area contributed by atoms with Gasteiger partial charge in [0.25, 0.3) is 0 Å². The van der Waals surface area contributed by atoms with E-state index >= 15 is 0 Å². The molecule has 0 bridgehead atoms. The summed E-state index contributed by atoms with van der Waals surface area (Å²) < 4.78 is 0. The molecule has 0 atom stereocenters. The monoisotopic (exact) mass is 211 g/mol. The molecule has 1 aliphatic carbocycles. The molecule has 2 N–H and O–H groups in total. The summed E-state index contributed by atoms with van der Waals surface area (Å²) in [5.74, 6) is 0. The van der Waals surface area contributed by atoms with Crippen molar-refractivity contribution in [2.45, 2.75) is 38.8 Å². The molecule has 4 heteroatoms. The van der Waals surface area contributed by atoms with E-state index in [9.17, 15) is 0 Å². The molecule has 0 radical (unpaired) electrons. The van der Waals surface area contributed by atoms with Gasteiger partial charge in [0.1, 0.15) is 0 Å². The van der Waals surface area contributed by atoms with E-state index < -0.39 is 0 Å². The zero-order valence-corrected chi connectivity index (χ0v) is 9.39. The first-order valence-corrected chi connectivity index (χ1v) is 6.08. The van der Waals surface area contributed by atoms with Crippen molar-refractivity contribution >= 4 is 16.5 Å². The van der Waals surface area contributed by atoms with Crippen molar-refractivity contribution in [2.24, 2.45) is 5.73 Å². The molecule has 2 rings (SSSR count). The number of nitrogens with zero attached hydrogens (tertiary/aromatic N) is 2. The summed E-state index contributed by atoms with van der Waals surface area (Å²) in [7, 11) is 0. The molecule has 1 aliphatic rings. The summed E-state index contributed by atoms with van der Waals surface area (Å²) in [5, 5.41) is 1.16. The van der Waals surface area contributed by atoms with E-state index in [1.54, 1.807) is 11.3 Å². The zero-order chi connectivity index (χ0) is 9.97. The lowest BCUT2D eigenvalue weighted by molar-refractivity contribution is 0.759. The molecule has 0 amide bonds. The summed E-state index contributed by atoms with van der Waals surface area (Å²) in [6, 6.07) is 0.756. The summed E-state index contributed by atoms with van der Waals surface area (Å²) >= 11 is 1.74. The topological polar surface area (TPSA) is 42.2 Å². The van der Waals surface area contributed by atoms with Gasteiger partial charge in [-0.3, -0.25) is 0 Å². The molecule has 78 valence electrons. The maximum atomic E-state index is 5.58. The minimum atomic E-state index is 0.613. The number of hydrogen-bond donors (Lipinski definition) is 1. The fourth-order valence-corrected chi connectivity index (χ4v) is 2.47. The van der Waals surface area contributed by atoms with Gasteiger partial charge < -0.3 is 10.6 Å². The average molecular weight is 211 g/mol. The number of aromatic nitrogens is 1. The third-order valence-corrected chi connectivity index (χ3v) is 3.50. The second-order valence-electron chi connectivity index (χ2n) is 3.74. The van der Waals surface area contributed by atoms with Crippen LogP contribution in [0.1, 0.15) is 31.1 Å². The number of thiazole rings is 1. The second kappa shape index (κ2) is 4.28. The molecular formula is C10H17N3S. The maximum Gasteiger partial charge on any atom is 0.185 e. The summed E-state index contributed by atoms with van der Waals surface area (Å²) in [6.45, 7) is 3.96. The highest BCUT2D eigenvalue weighted by molar-refractivity contribution is 7.15. The molecule has 3 nitrogen and oxygen atoms in total. The third-order valence-electron chi connectivity index (χ3n) is 2.44. The first-order chi connectivity index (χ1) is 6.85. The van der Waals surface area contributed by atoms with Gasteiger partial charge in [0.05, 0.1) is 0 Å². The second-order valence-corrected chi connectivity index (χ2v) is 4.83. The Kier molecular flexibility index (Phi) is 3.03. The summed E-state index contributed by atoms with van der Waals surface area (Å²) in [5.41, 5.74) is 5.58. The standard InChI is InChI=1S/C10H17N3S/c1-2-5-13(8-3-4-8)10-12-7-9(6-11)14-10/h7-8H,2-6,11H2,1H3. The van der Waals surface area contributed by atoms with Crippen LogP contribution in [0.3, 0.4) is 0 Å². The Morgan fingerprint density at radius 2 is 2.43 bits per heavy atom. The van der Waals surface area contributed by atoms with Crippen LogP contribution in [-0.2, 0) is 6.54 Å². The van der Waals surface area contributed by atoms with Crippen LogP contribution < -0.4 is 10.6 Å². The minimum Gasteiger partial charge on any atom is -0.345 e. The van der Waals surface area contributed by atoms with Gasteiger partial charge in [-0.05, 0) is 19.3 Å². The lowest BCUT2D eigenvalue weighted by Crippen LogP contribution is -2.26. The fourth-order valence-electron chi connectivity index (χ4n) is 1.59. The Bertz CT molecular complexity index is 293. The number of nitrogens with two attached hydrogens (primary N) is 1. The molecule has 1 aromatic rings. The Balaban J connectivity index is 2.08. The summed E-state index contributed by atoms with van der Waals surface area (Å²) in [6.07, 6.45) is 5.76. The van der Waals surface area contributed by atoms with Gasteiger partial charge in [0, 0.05) is 30.2 Å². The van der Waals surface area contributed by atoms with E-state index in [1.165, 1.54) is 24.1 Å². The molecule has 14 heavy (non-hydrogen) atoms. The van der Waals surface area contributed by atoms with E-state index in [4.69, 9.17) is 5.73 Å². The molecule has 0 aliphatic heterocycles. The van der Waals surface area contributed by atoms with Crippen molar-refractivity contribution in [2.75, 3.05) is 11.4 Å². The smallest absolute Gasteiger partial charge is 0.185 e. The molecule has 0 unspecified atom stereocenters. The van der Waals surface area contributed by atoms with Crippen LogP contribution in [0.2, 0.25) is 0 Å². The van der Waals surface area contributed by atoms with Crippen molar-refractivity contribution < 1.29 is 0 Å². The minimum absolute atomic E-state index is 0.613. The van der Waals surface area contributed by atoms with E-state index in [0.717, 1.165) is 17.7 Å². The first kappa shape index (κ1) is 9.93. The largest absolute Gasteiger partial charge is 0.345 e. The molecule has 1 aromatic heterocycles. The van der Waals surface area contributed by atoms with Crippen LogP contribution in [0.15, 0.2) is 6.20 Å². The zero-order valence-electron chi connectivity index (χ0n) is 8.57. The van der Waals surface area contributed by atoms with Crippen LogP contribution >= 0.6 is 11.3 Å². The van der Waals surface area contributed by atoms with Crippen LogP contribution in [0, 0.1) is 0 Å². The number of rotatable bonds is 5. The van der Waals surface area contributed by atoms with Crippen LogP contribution in [0.4, 0.5) is 5.13 Å². The van der Waals surface area contributed by atoms with Gasteiger partial charge in [-0.25, -0.2) is 4.98 Å². The third kappa shape index (κ3) is 2.07. The highest BCUT2D eigenvalue weighted by Crippen LogP contribution is 2.33. The van der Waals surface area contributed by atoms with Crippen LogP contribution in [0.5, 0.6) is 0 Å². The van der Waals surface area contributed by atoms with Crippen LogP contribution in [0.25, 0.3) is 0 Å². The van der Waals surface area contributed by atoms with Gasteiger partial charge >= 0.3 is 0 Å². The molecule has 0 aromatic carbocycles. The van der Waals surface area contributed by atoms with Gasteiger partial charge in [0.15, 0.2) is 5.13 Å². The highest BCUT2D eigenvalue weighted by atomic mass is 32.1. The Morgan fingerprint density at radius 3 is 2.93 bits per heavy atom. The molecule has 0 spiro atoms. The van der Waals surface area contributed by atoms with E-state index in [1.807, 2.05) is 6.20 Å². The normalized spacial score (nSPS) is 15.9. The highest BCUT2D eigenvalue weighted by Gasteiger charge is 2.30. The fraction of sp³-hybridized carbons (Fsp3) is 0.700. The van der Waals surface area contributed by atoms with Crippen molar-refractivity contribution in [3.8, 4) is 0 Å². The van der Waals surface area contributed by atoms with Crippen molar-refractivity contribution in [1.29, 1.82) is 0 Å². The molecule has 0 saturated heterocycles. The van der Waals surface area contributed by atoms with Crippen LogP contribution in [-0.4, -0.2) is 17.6 Å². The van der Waals surface area contributed by atoms with Crippen molar-refractivity contribution in [3.05, 3.63) is 11.1 Å². The number of anilines is 1. The number of hydrogen-bond acceptors (Lipinski definition) is 4. The Labute approximate surface area is 88.9 Å². The predicted octanol–water partition coefficient (Wildman–Crippen LogP) is 1.98.